The van der Waals surface area contributed by atoms with Crippen molar-refractivity contribution in [2.45, 2.75) is 40.0 Å². The summed E-state index contributed by atoms with van der Waals surface area (Å²) in [6.07, 6.45) is 2.62. The van der Waals surface area contributed by atoms with Crippen LogP contribution < -0.4 is 0 Å². The highest BCUT2D eigenvalue weighted by atomic mass is 35.5. The first-order chi connectivity index (χ1) is 7.19. The minimum absolute atomic E-state index is 0.363. The van der Waals surface area contributed by atoms with E-state index in [2.05, 4.69) is 31.8 Å². The molecule has 0 aliphatic carbocycles. The second-order valence-corrected chi connectivity index (χ2v) is 3.73. The second kappa shape index (κ2) is 5.14. The molecule has 0 saturated heterocycles. The SMILES string of the molecule is CCc1nc(C#N)c(Cl)c(CC)c1CC. The summed E-state index contributed by atoms with van der Waals surface area (Å²) in [6.45, 7) is 6.20. The lowest BCUT2D eigenvalue weighted by Gasteiger charge is -2.13. The van der Waals surface area contributed by atoms with Crippen LogP contribution >= 0.6 is 11.6 Å². The molecule has 1 aromatic rings. The molecule has 0 spiro atoms. The first-order valence-corrected chi connectivity index (χ1v) is 5.67. The zero-order chi connectivity index (χ0) is 11.4. The molecule has 0 aliphatic rings. The van der Waals surface area contributed by atoms with Crippen LogP contribution in [0.4, 0.5) is 0 Å². The molecule has 1 heterocycles. The fraction of sp³-hybridized carbons (Fsp3) is 0.500. The number of rotatable bonds is 3. The van der Waals surface area contributed by atoms with Crippen LogP contribution in [0.1, 0.15) is 43.3 Å². The zero-order valence-electron chi connectivity index (χ0n) is 9.39. The van der Waals surface area contributed by atoms with Gasteiger partial charge in [0.05, 0.1) is 5.02 Å². The standard InChI is InChI=1S/C12H15ClN2/c1-4-8-9(5-2)12(13)11(7-14)15-10(8)6-3/h4-6H2,1-3H3. The Kier molecular flexibility index (Phi) is 4.11. The number of aromatic nitrogens is 1. The van der Waals surface area contributed by atoms with E-state index in [4.69, 9.17) is 16.9 Å². The quantitative estimate of drug-likeness (QED) is 0.787. The zero-order valence-corrected chi connectivity index (χ0v) is 10.1. The molecule has 0 aromatic carbocycles. The summed E-state index contributed by atoms with van der Waals surface area (Å²) < 4.78 is 0. The third-order valence-electron chi connectivity index (χ3n) is 2.58. The summed E-state index contributed by atoms with van der Waals surface area (Å²) in [6, 6.07) is 2.05. The number of hydrogen-bond acceptors (Lipinski definition) is 2. The topological polar surface area (TPSA) is 36.7 Å². The van der Waals surface area contributed by atoms with Crippen LogP contribution in [0.15, 0.2) is 0 Å². The first kappa shape index (κ1) is 12.0. The minimum Gasteiger partial charge on any atom is -0.240 e. The summed E-state index contributed by atoms with van der Waals surface area (Å²) in [7, 11) is 0. The van der Waals surface area contributed by atoms with Crippen molar-refractivity contribution in [2.75, 3.05) is 0 Å². The van der Waals surface area contributed by atoms with E-state index in [-0.39, 0.29) is 0 Å². The van der Waals surface area contributed by atoms with Gasteiger partial charge in [-0.15, -0.1) is 0 Å². The van der Waals surface area contributed by atoms with Gasteiger partial charge in [-0.25, -0.2) is 4.98 Å². The maximum atomic E-state index is 8.93. The van der Waals surface area contributed by atoms with Gasteiger partial charge in [0.1, 0.15) is 6.07 Å². The predicted octanol–water partition coefficient (Wildman–Crippen LogP) is 3.29. The third kappa shape index (κ3) is 2.13. The molecule has 0 radical (unpaired) electrons. The summed E-state index contributed by atoms with van der Waals surface area (Å²) >= 11 is 6.14. The highest BCUT2D eigenvalue weighted by Gasteiger charge is 2.14. The molecule has 0 atom stereocenters. The van der Waals surface area contributed by atoms with Crippen molar-refractivity contribution in [3.05, 3.63) is 27.5 Å². The number of aryl methyl sites for hydroxylation is 1. The van der Waals surface area contributed by atoms with E-state index in [1.54, 1.807) is 0 Å². The lowest BCUT2D eigenvalue weighted by molar-refractivity contribution is 0.919. The van der Waals surface area contributed by atoms with Crippen LogP contribution in [-0.4, -0.2) is 4.98 Å². The largest absolute Gasteiger partial charge is 0.240 e. The van der Waals surface area contributed by atoms with Crippen LogP contribution in [-0.2, 0) is 19.3 Å². The Bertz CT molecular complexity index is 405. The summed E-state index contributed by atoms with van der Waals surface area (Å²) in [4.78, 5) is 4.30. The van der Waals surface area contributed by atoms with Crippen molar-refractivity contribution in [3.63, 3.8) is 0 Å². The molecule has 3 heteroatoms. The van der Waals surface area contributed by atoms with E-state index in [1.807, 2.05) is 0 Å². The van der Waals surface area contributed by atoms with E-state index in [9.17, 15) is 0 Å². The lowest BCUT2D eigenvalue weighted by Crippen LogP contribution is -2.04. The van der Waals surface area contributed by atoms with Gasteiger partial charge in [0.15, 0.2) is 5.69 Å². The predicted molar refractivity (Wildman–Crippen MR) is 62.1 cm³/mol. The third-order valence-corrected chi connectivity index (χ3v) is 2.99. The number of nitriles is 1. The molecular formula is C12H15ClN2. The number of nitrogens with zero attached hydrogens (tertiary/aromatic N) is 2. The van der Waals surface area contributed by atoms with E-state index in [1.165, 1.54) is 5.56 Å². The van der Waals surface area contributed by atoms with Crippen LogP contribution in [0, 0.1) is 11.3 Å². The maximum absolute atomic E-state index is 8.93. The van der Waals surface area contributed by atoms with Gasteiger partial charge in [-0.1, -0.05) is 32.4 Å². The Hall–Kier alpha value is -1.07. The summed E-state index contributed by atoms with van der Waals surface area (Å²) in [5.41, 5.74) is 3.67. The van der Waals surface area contributed by atoms with E-state index in [0.29, 0.717) is 10.7 Å². The highest BCUT2D eigenvalue weighted by molar-refractivity contribution is 6.32. The van der Waals surface area contributed by atoms with Crippen molar-refractivity contribution in [1.29, 1.82) is 5.26 Å². The second-order valence-electron chi connectivity index (χ2n) is 3.35. The van der Waals surface area contributed by atoms with Gasteiger partial charge in [-0.05, 0) is 30.4 Å². The van der Waals surface area contributed by atoms with Gasteiger partial charge >= 0.3 is 0 Å². The summed E-state index contributed by atoms with van der Waals surface area (Å²) in [5.74, 6) is 0. The molecule has 80 valence electrons. The molecule has 0 N–H and O–H groups in total. The van der Waals surface area contributed by atoms with Gasteiger partial charge in [0.25, 0.3) is 0 Å². The van der Waals surface area contributed by atoms with Gasteiger partial charge in [-0.2, -0.15) is 5.26 Å². The van der Waals surface area contributed by atoms with Crippen LogP contribution in [0.25, 0.3) is 0 Å². The van der Waals surface area contributed by atoms with Crippen LogP contribution in [0.5, 0.6) is 0 Å². The maximum Gasteiger partial charge on any atom is 0.159 e. The lowest BCUT2D eigenvalue weighted by atomic mass is 9.99. The number of pyridine rings is 1. The van der Waals surface area contributed by atoms with Gasteiger partial charge in [0.2, 0.25) is 0 Å². The normalized spacial score (nSPS) is 10.1. The van der Waals surface area contributed by atoms with Gasteiger partial charge < -0.3 is 0 Å². The molecule has 2 nitrogen and oxygen atoms in total. The molecule has 0 aliphatic heterocycles. The Morgan fingerprint density at radius 1 is 1.13 bits per heavy atom. The molecule has 1 aromatic heterocycles. The van der Waals surface area contributed by atoms with Crippen molar-refractivity contribution in [1.82, 2.24) is 4.98 Å². The fourth-order valence-electron chi connectivity index (χ4n) is 1.85. The minimum atomic E-state index is 0.363. The Balaban J connectivity index is 3.51. The average Bonchev–Trinajstić information content (AvgIpc) is 2.28. The molecule has 15 heavy (non-hydrogen) atoms. The van der Waals surface area contributed by atoms with Crippen molar-refractivity contribution >= 4 is 11.6 Å². The average molecular weight is 223 g/mol. The smallest absolute Gasteiger partial charge is 0.159 e. The van der Waals surface area contributed by atoms with Crippen LogP contribution in [0.2, 0.25) is 5.02 Å². The highest BCUT2D eigenvalue weighted by Crippen LogP contribution is 2.26. The molecule has 0 bridgehead atoms. The van der Waals surface area contributed by atoms with E-state index < -0.39 is 0 Å². The number of halogens is 1. The van der Waals surface area contributed by atoms with E-state index in [0.717, 1.165) is 30.5 Å². The Morgan fingerprint density at radius 3 is 2.13 bits per heavy atom. The van der Waals surface area contributed by atoms with E-state index >= 15 is 0 Å². The first-order valence-electron chi connectivity index (χ1n) is 5.29. The summed E-state index contributed by atoms with van der Waals surface area (Å²) in [5, 5.41) is 9.46. The van der Waals surface area contributed by atoms with Crippen LogP contribution in [0.3, 0.4) is 0 Å². The monoisotopic (exact) mass is 222 g/mol. The molecule has 0 saturated carbocycles. The van der Waals surface area contributed by atoms with Crippen molar-refractivity contribution in [2.24, 2.45) is 0 Å². The number of hydrogen-bond donors (Lipinski definition) is 0. The molecule has 1 rings (SSSR count). The molecule has 0 fully saturated rings. The Morgan fingerprint density at radius 2 is 1.73 bits per heavy atom. The molecule has 0 unspecified atom stereocenters. The van der Waals surface area contributed by atoms with Crippen molar-refractivity contribution < 1.29 is 0 Å². The van der Waals surface area contributed by atoms with Gasteiger partial charge in [0, 0.05) is 5.69 Å². The van der Waals surface area contributed by atoms with Crippen molar-refractivity contribution in [3.8, 4) is 6.07 Å². The fourth-order valence-corrected chi connectivity index (χ4v) is 2.19. The molecule has 0 amide bonds. The Labute approximate surface area is 95.9 Å². The molecular weight excluding hydrogens is 208 g/mol. The van der Waals surface area contributed by atoms with Gasteiger partial charge in [-0.3, -0.25) is 0 Å².